The number of ketones is 1. The predicted octanol–water partition coefficient (Wildman–Crippen LogP) is 3.79. The Hall–Kier alpha value is -2.46. The van der Waals surface area contributed by atoms with Crippen LogP contribution in [0.15, 0.2) is 42.5 Å². The van der Waals surface area contributed by atoms with Crippen LogP contribution in [-0.2, 0) is 6.42 Å². The topological polar surface area (TPSA) is 40.6 Å². The zero-order valence-corrected chi connectivity index (χ0v) is 16.2. The number of nitrogens with zero attached hydrogens (tertiary/aromatic N) is 2. The number of amides is 1. The molecule has 1 amide bonds. The summed E-state index contributed by atoms with van der Waals surface area (Å²) in [5, 5.41) is 0. The van der Waals surface area contributed by atoms with Gasteiger partial charge in [-0.25, -0.2) is 0 Å². The molecule has 0 unspecified atom stereocenters. The Kier molecular flexibility index (Phi) is 4.52. The Labute approximate surface area is 166 Å². The number of aryl methyl sites for hydroxylation is 1. The van der Waals surface area contributed by atoms with Gasteiger partial charge in [0, 0.05) is 36.7 Å². The van der Waals surface area contributed by atoms with Crippen LogP contribution in [0.25, 0.3) is 11.1 Å². The van der Waals surface area contributed by atoms with Crippen LogP contribution >= 0.6 is 0 Å². The van der Waals surface area contributed by atoms with E-state index in [1.807, 2.05) is 41.3 Å². The standard InChI is InChI=1S/C24H26N2O2/c27-23-11-9-20-14-19(8-10-22(20)23)17-4-6-18(7-5-17)24(28)26-15-21(16-26)25-12-2-1-3-13-25/h4-8,10,14,21H,1-3,9,11-13,15-16H2. The average Bonchev–Trinajstić information content (AvgIpc) is 3.08. The maximum absolute atomic E-state index is 12.8. The minimum Gasteiger partial charge on any atom is -0.335 e. The maximum Gasteiger partial charge on any atom is 0.253 e. The van der Waals surface area contributed by atoms with E-state index < -0.39 is 0 Å². The van der Waals surface area contributed by atoms with E-state index in [2.05, 4.69) is 11.0 Å². The Morgan fingerprint density at radius 1 is 0.857 bits per heavy atom. The summed E-state index contributed by atoms with van der Waals surface area (Å²) in [4.78, 5) is 29.1. The van der Waals surface area contributed by atoms with E-state index >= 15 is 0 Å². The van der Waals surface area contributed by atoms with Gasteiger partial charge in [-0.3, -0.25) is 14.5 Å². The molecule has 3 aliphatic rings. The normalized spacial score (nSPS) is 20.1. The Balaban J connectivity index is 1.24. The van der Waals surface area contributed by atoms with Gasteiger partial charge in [-0.05, 0) is 61.2 Å². The van der Waals surface area contributed by atoms with Crippen LogP contribution in [-0.4, -0.2) is 53.7 Å². The molecule has 2 saturated heterocycles. The molecule has 0 radical (unpaired) electrons. The van der Waals surface area contributed by atoms with Gasteiger partial charge >= 0.3 is 0 Å². The lowest BCUT2D eigenvalue weighted by molar-refractivity contribution is 0.0203. The first kappa shape index (κ1) is 17.6. The molecule has 2 aliphatic heterocycles. The third kappa shape index (κ3) is 3.16. The van der Waals surface area contributed by atoms with Crippen molar-refractivity contribution in [3.8, 4) is 11.1 Å². The van der Waals surface area contributed by atoms with Crippen LogP contribution < -0.4 is 0 Å². The summed E-state index contributed by atoms with van der Waals surface area (Å²) in [5.41, 5.74) is 4.98. The van der Waals surface area contributed by atoms with E-state index in [1.165, 1.54) is 32.4 Å². The van der Waals surface area contributed by atoms with Crippen molar-refractivity contribution in [3.05, 3.63) is 59.2 Å². The molecule has 0 bridgehead atoms. The van der Waals surface area contributed by atoms with Gasteiger partial charge in [0.05, 0.1) is 0 Å². The molecule has 0 saturated carbocycles. The fourth-order valence-electron chi connectivity index (χ4n) is 4.76. The molecule has 2 heterocycles. The van der Waals surface area contributed by atoms with E-state index in [9.17, 15) is 9.59 Å². The molecule has 0 N–H and O–H groups in total. The first-order valence-electron chi connectivity index (χ1n) is 10.5. The van der Waals surface area contributed by atoms with Gasteiger partial charge in [0.2, 0.25) is 0 Å². The zero-order valence-electron chi connectivity index (χ0n) is 16.2. The number of rotatable bonds is 3. The number of fused-ring (bicyclic) bond motifs is 1. The monoisotopic (exact) mass is 374 g/mol. The van der Waals surface area contributed by atoms with E-state index in [0.29, 0.717) is 12.5 Å². The maximum atomic E-state index is 12.8. The van der Waals surface area contributed by atoms with Crippen LogP contribution in [0.1, 0.15) is 52.0 Å². The van der Waals surface area contributed by atoms with Crippen molar-refractivity contribution in [3.63, 3.8) is 0 Å². The quantitative estimate of drug-likeness (QED) is 0.821. The van der Waals surface area contributed by atoms with Crippen LogP contribution in [0.4, 0.5) is 0 Å². The number of piperidine rings is 1. The largest absolute Gasteiger partial charge is 0.335 e. The van der Waals surface area contributed by atoms with E-state index in [-0.39, 0.29) is 11.7 Å². The highest BCUT2D eigenvalue weighted by atomic mass is 16.2. The highest BCUT2D eigenvalue weighted by Crippen LogP contribution is 2.29. The summed E-state index contributed by atoms with van der Waals surface area (Å²) in [5.74, 6) is 0.388. The number of carbonyl (C=O) groups excluding carboxylic acids is 2. The van der Waals surface area contributed by atoms with Crippen molar-refractivity contribution in [2.24, 2.45) is 0 Å². The number of likely N-dealkylation sites (tertiary alicyclic amines) is 2. The van der Waals surface area contributed by atoms with Crippen molar-refractivity contribution < 1.29 is 9.59 Å². The minimum absolute atomic E-state index is 0.138. The second kappa shape index (κ2) is 7.17. The molecule has 2 aromatic carbocycles. The Morgan fingerprint density at radius 3 is 2.32 bits per heavy atom. The van der Waals surface area contributed by atoms with Gasteiger partial charge < -0.3 is 4.90 Å². The van der Waals surface area contributed by atoms with Gasteiger partial charge in [-0.2, -0.15) is 0 Å². The van der Waals surface area contributed by atoms with Crippen LogP contribution in [0.5, 0.6) is 0 Å². The molecule has 2 aromatic rings. The van der Waals surface area contributed by atoms with Crippen molar-refractivity contribution >= 4 is 11.7 Å². The zero-order chi connectivity index (χ0) is 19.1. The van der Waals surface area contributed by atoms with Crippen molar-refractivity contribution in [2.45, 2.75) is 38.1 Å². The van der Waals surface area contributed by atoms with Gasteiger partial charge in [-0.1, -0.05) is 36.8 Å². The molecule has 4 heteroatoms. The highest BCUT2D eigenvalue weighted by molar-refractivity contribution is 6.01. The second-order valence-corrected chi connectivity index (χ2v) is 8.33. The lowest BCUT2D eigenvalue weighted by Gasteiger charge is -2.46. The van der Waals surface area contributed by atoms with Crippen molar-refractivity contribution in [1.29, 1.82) is 0 Å². The fraction of sp³-hybridized carbons (Fsp3) is 0.417. The lowest BCUT2D eigenvalue weighted by Crippen LogP contribution is -2.61. The molecule has 28 heavy (non-hydrogen) atoms. The molecule has 144 valence electrons. The number of Topliss-reactive ketones (excluding diaryl/α,β-unsaturated/α-hetero) is 1. The summed E-state index contributed by atoms with van der Waals surface area (Å²) in [7, 11) is 0. The fourth-order valence-corrected chi connectivity index (χ4v) is 4.76. The van der Waals surface area contributed by atoms with Crippen molar-refractivity contribution in [1.82, 2.24) is 9.80 Å². The first-order valence-corrected chi connectivity index (χ1v) is 10.5. The minimum atomic E-state index is 0.138. The summed E-state index contributed by atoms with van der Waals surface area (Å²) in [6.07, 6.45) is 5.40. The first-order chi connectivity index (χ1) is 13.7. The predicted molar refractivity (Wildman–Crippen MR) is 110 cm³/mol. The number of carbonyl (C=O) groups is 2. The van der Waals surface area contributed by atoms with Crippen LogP contribution in [0.3, 0.4) is 0 Å². The van der Waals surface area contributed by atoms with Crippen molar-refractivity contribution in [2.75, 3.05) is 26.2 Å². The van der Waals surface area contributed by atoms with Crippen LogP contribution in [0.2, 0.25) is 0 Å². The van der Waals surface area contributed by atoms with Gasteiger partial charge in [0.15, 0.2) is 5.78 Å². The average molecular weight is 374 g/mol. The molecular weight excluding hydrogens is 348 g/mol. The molecule has 1 aliphatic carbocycles. The molecule has 0 atom stereocenters. The van der Waals surface area contributed by atoms with Crippen LogP contribution in [0, 0.1) is 0 Å². The number of hydrogen-bond acceptors (Lipinski definition) is 3. The third-order valence-electron chi connectivity index (χ3n) is 6.55. The Morgan fingerprint density at radius 2 is 1.57 bits per heavy atom. The lowest BCUT2D eigenvalue weighted by atomic mass is 9.98. The molecule has 4 nitrogen and oxygen atoms in total. The van der Waals surface area contributed by atoms with Gasteiger partial charge in [0.25, 0.3) is 5.91 Å². The highest BCUT2D eigenvalue weighted by Gasteiger charge is 2.35. The molecule has 0 aromatic heterocycles. The second-order valence-electron chi connectivity index (χ2n) is 8.33. The van der Waals surface area contributed by atoms with E-state index in [0.717, 1.165) is 47.3 Å². The molecular formula is C24H26N2O2. The third-order valence-corrected chi connectivity index (χ3v) is 6.55. The van der Waals surface area contributed by atoms with Gasteiger partial charge in [-0.15, -0.1) is 0 Å². The summed E-state index contributed by atoms with van der Waals surface area (Å²) >= 11 is 0. The van der Waals surface area contributed by atoms with E-state index in [1.54, 1.807) is 0 Å². The van der Waals surface area contributed by atoms with E-state index in [4.69, 9.17) is 0 Å². The molecule has 2 fully saturated rings. The number of hydrogen-bond donors (Lipinski definition) is 0. The molecule has 5 rings (SSSR count). The number of benzene rings is 2. The summed E-state index contributed by atoms with van der Waals surface area (Å²) < 4.78 is 0. The summed E-state index contributed by atoms with van der Waals surface area (Å²) in [6, 6.07) is 14.5. The van der Waals surface area contributed by atoms with Gasteiger partial charge in [0.1, 0.15) is 0 Å². The smallest absolute Gasteiger partial charge is 0.253 e. The summed E-state index contributed by atoms with van der Waals surface area (Å²) in [6.45, 7) is 4.10. The molecule has 0 spiro atoms. The SMILES string of the molecule is O=C1CCc2cc(-c3ccc(C(=O)N4CC(N5CCCCC5)C4)cc3)ccc21. The Bertz CT molecular complexity index is 907.